The fraction of sp³-hybridized carbons (Fsp3) is 0.250. The Morgan fingerprint density at radius 1 is 1.90 bits per heavy atom. The summed E-state index contributed by atoms with van der Waals surface area (Å²) in [6.45, 7) is 0. The Morgan fingerprint density at radius 2 is 2.50 bits per heavy atom. The van der Waals surface area contributed by atoms with Crippen molar-refractivity contribution >= 4 is 34.3 Å². The van der Waals surface area contributed by atoms with Crippen molar-refractivity contribution in [3.8, 4) is 6.19 Å². The molecule has 0 aliphatic carbocycles. The number of nitrogens with one attached hydrogen (secondary N) is 1. The molecule has 10 heavy (non-hydrogen) atoms. The number of nitrogens with zero attached hydrogens (tertiary/aromatic N) is 1. The van der Waals surface area contributed by atoms with Crippen molar-refractivity contribution < 1.29 is 9.90 Å². The second-order valence-electron chi connectivity index (χ2n) is 1.21. The normalized spacial score (nSPS) is 7.90. The van der Waals surface area contributed by atoms with Gasteiger partial charge >= 0.3 is 5.97 Å². The van der Waals surface area contributed by atoms with Crippen LogP contribution in [0.3, 0.4) is 0 Å². The van der Waals surface area contributed by atoms with Crippen molar-refractivity contribution in [1.82, 2.24) is 5.32 Å². The first kappa shape index (κ1) is 9.20. The Morgan fingerprint density at radius 3 is 2.90 bits per heavy atom. The SMILES string of the molecule is N#CNC(=S)SCC(=O)O. The van der Waals surface area contributed by atoms with Crippen molar-refractivity contribution in [2.45, 2.75) is 0 Å². The number of nitriles is 1. The zero-order chi connectivity index (χ0) is 7.98. The largest absolute Gasteiger partial charge is 0.481 e. The van der Waals surface area contributed by atoms with E-state index in [2.05, 4.69) is 17.5 Å². The van der Waals surface area contributed by atoms with Crippen LogP contribution in [0, 0.1) is 11.5 Å². The average Bonchev–Trinajstić information content (AvgIpc) is 1.85. The van der Waals surface area contributed by atoms with Gasteiger partial charge in [0.1, 0.15) is 4.32 Å². The molecular formula is C4H4N2O2S2. The first-order valence-corrected chi connectivity index (χ1v) is 3.60. The van der Waals surface area contributed by atoms with Gasteiger partial charge in [0.25, 0.3) is 0 Å². The van der Waals surface area contributed by atoms with Crippen molar-refractivity contribution in [1.29, 1.82) is 5.26 Å². The van der Waals surface area contributed by atoms with Gasteiger partial charge in [-0.05, 0) is 0 Å². The van der Waals surface area contributed by atoms with Gasteiger partial charge in [0, 0.05) is 0 Å². The summed E-state index contributed by atoms with van der Waals surface area (Å²) in [6, 6.07) is 0. The van der Waals surface area contributed by atoms with E-state index in [4.69, 9.17) is 10.4 Å². The van der Waals surface area contributed by atoms with Crippen molar-refractivity contribution in [3.05, 3.63) is 0 Å². The predicted molar refractivity (Wildman–Crippen MR) is 41.4 cm³/mol. The fourth-order valence-electron chi connectivity index (χ4n) is 0.209. The third-order valence-corrected chi connectivity index (χ3v) is 1.70. The summed E-state index contributed by atoms with van der Waals surface area (Å²) in [5.41, 5.74) is 0. The Kier molecular flexibility index (Phi) is 4.62. The number of thiocarbonyl (C=S) groups is 1. The van der Waals surface area contributed by atoms with Crippen LogP contribution < -0.4 is 5.32 Å². The van der Waals surface area contributed by atoms with Crippen LogP contribution >= 0.6 is 24.0 Å². The zero-order valence-corrected chi connectivity index (χ0v) is 6.46. The van der Waals surface area contributed by atoms with Crippen LogP contribution in [-0.4, -0.2) is 21.1 Å². The summed E-state index contributed by atoms with van der Waals surface area (Å²) >= 11 is 5.44. The fourth-order valence-corrected chi connectivity index (χ4v) is 0.804. The van der Waals surface area contributed by atoms with Gasteiger partial charge in [-0.2, -0.15) is 5.26 Å². The van der Waals surface area contributed by atoms with E-state index in [0.717, 1.165) is 11.8 Å². The summed E-state index contributed by atoms with van der Waals surface area (Å²) in [4.78, 5) is 9.92. The standard InChI is InChI=1S/C4H4N2O2S2/c5-2-6-4(9)10-1-3(7)8/h1H2,(H,6,9)(H,7,8). The molecular weight excluding hydrogens is 172 g/mol. The highest BCUT2D eigenvalue weighted by Crippen LogP contribution is 1.99. The number of carbonyl (C=O) groups is 1. The highest BCUT2D eigenvalue weighted by Gasteiger charge is 1.99. The minimum Gasteiger partial charge on any atom is -0.481 e. The highest BCUT2D eigenvalue weighted by atomic mass is 32.2. The van der Waals surface area contributed by atoms with Crippen LogP contribution in [0.2, 0.25) is 0 Å². The molecule has 0 aliphatic heterocycles. The van der Waals surface area contributed by atoms with Gasteiger partial charge in [0.15, 0.2) is 6.19 Å². The molecule has 0 saturated carbocycles. The van der Waals surface area contributed by atoms with E-state index < -0.39 is 5.97 Å². The molecule has 2 N–H and O–H groups in total. The van der Waals surface area contributed by atoms with Crippen molar-refractivity contribution in [3.63, 3.8) is 0 Å². The summed E-state index contributed by atoms with van der Waals surface area (Å²) in [7, 11) is 0. The molecule has 0 saturated heterocycles. The van der Waals surface area contributed by atoms with E-state index in [1.807, 2.05) is 0 Å². The van der Waals surface area contributed by atoms with Gasteiger partial charge in [0.2, 0.25) is 0 Å². The third-order valence-electron chi connectivity index (χ3n) is 0.485. The number of carboxylic acid groups (broad SMARTS) is 1. The Hall–Kier alpha value is -0.800. The summed E-state index contributed by atoms with van der Waals surface area (Å²) in [5.74, 6) is -1.07. The molecule has 0 atom stereocenters. The summed E-state index contributed by atoms with van der Waals surface area (Å²) < 4.78 is 0.185. The number of hydrogen-bond acceptors (Lipinski definition) is 4. The Balaban J connectivity index is 3.42. The molecule has 0 rings (SSSR count). The van der Waals surface area contributed by atoms with E-state index >= 15 is 0 Å². The molecule has 6 heteroatoms. The van der Waals surface area contributed by atoms with Gasteiger partial charge in [0.05, 0.1) is 5.75 Å². The molecule has 0 aromatic heterocycles. The van der Waals surface area contributed by atoms with E-state index in [0.29, 0.717) is 0 Å². The van der Waals surface area contributed by atoms with Crippen molar-refractivity contribution in [2.24, 2.45) is 0 Å². The lowest BCUT2D eigenvalue weighted by Crippen LogP contribution is -2.13. The first-order valence-electron chi connectivity index (χ1n) is 2.20. The molecule has 0 aromatic rings. The number of carboxylic acids is 1. The zero-order valence-electron chi connectivity index (χ0n) is 4.83. The minimum atomic E-state index is -0.952. The van der Waals surface area contributed by atoms with E-state index in [-0.39, 0.29) is 10.1 Å². The van der Waals surface area contributed by atoms with E-state index in [9.17, 15) is 4.79 Å². The quantitative estimate of drug-likeness (QED) is 0.355. The van der Waals surface area contributed by atoms with Crippen LogP contribution in [0.5, 0.6) is 0 Å². The molecule has 0 bridgehead atoms. The smallest absolute Gasteiger partial charge is 0.313 e. The molecule has 0 aromatic carbocycles. The molecule has 0 unspecified atom stereocenters. The summed E-state index contributed by atoms with van der Waals surface area (Å²) in [5, 5.41) is 18.3. The Bertz CT molecular complexity index is 186. The first-order chi connectivity index (χ1) is 4.66. The molecule has 0 fully saturated rings. The maximum atomic E-state index is 9.92. The van der Waals surface area contributed by atoms with Crippen LogP contribution in [0.4, 0.5) is 0 Å². The average molecular weight is 176 g/mol. The predicted octanol–water partition coefficient (Wildman–Crippen LogP) is 0.160. The third kappa shape index (κ3) is 5.34. The molecule has 0 aliphatic rings. The highest BCUT2D eigenvalue weighted by molar-refractivity contribution is 8.23. The van der Waals surface area contributed by atoms with Gasteiger partial charge in [-0.15, -0.1) is 0 Å². The summed E-state index contributed by atoms with van der Waals surface area (Å²) in [6.07, 6.45) is 1.59. The topological polar surface area (TPSA) is 73.1 Å². The monoisotopic (exact) mass is 176 g/mol. The minimum absolute atomic E-state index is 0.118. The number of hydrogen-bond donors (Lipinski definition) is 2. The lowest BCUT2D eigenvalue weighted by atomic mass is 10.8. The molecule has 0 radical (unpaired) electrons. The van der Waals surface area contributed by atoms with Gasteiger partial charge in [-0.3, -0.25) is 10.1 Å². The number of aliphatic carboxylic acids is 1. The molecule has 0 amide bonds. The maximum Gasteiger partial charge on any atom is 0.313 e. The van der Waals surface area contributed by atoms with Gasteiger partial charge in [-0.25, -0.2) is 0 Å². The van der Waals surface area contributed by atoms with Crippen LogP contribution in [0.15, 0.2) is 0 Å². The second-order valence-corrected chi connectivity index (χ2v) is 2.86. The second kappa shape index (κ2) is 5.02. The van der Waals surface area contributed by atoms with E-state index in [1.165, 1.54) is 0 Å². The van der Waals surface area contributed by atoms with Crippen LogP contribution in [0.1, 0.15) is 0 Å². The van der Waals surface area contributed by atoms with Crippen LogP contribution in [-0.2, 0) is 4.79 Å². The molecule has 0 heterocycles. The Labute approximate surface area is 67.2 Å². The molecule has 4 nitrogen and oxygen atoms in total. The van der Waals surface area contributed by atoms with Gasteiger partial charge in [-0.1, -0.05) is 24.0 Å². The number of rotatable bonds is 2. The lowest BCUT2D eigenvalue weighted by molar-refractivity contribution is -0.133. The lowest BCUT2D eigenvalue weighted by Gasteiger charge is -1.94. The maximum absolute atomic E-state index is 9.92. The van der Waals surface area contributed by atoms with Gasteiger partial charge < -0.3 is 5.11 Å². The number of thioether (sulfide) groups is 1. The van der Waals surface area contributed by atoms with Crippen LogP contribution in [0.25, 0.3) is 0 Å². The molecule has 0 spiro atoms. The molecule has 54 valence electrons. The van der Waals surface area contributed by atoms with Crippen molar-refractivity contribution in [2.75, 3.05) is 5.75 Å². The van der Waals surface area contributed by atoms with E-state index in [1.54, 1.807) is 6.19 Å².